The van der Waals surface area contributed by atoms with Gasteiger partial charge in [0.25, 0.3) is 0 Å². The second-order valence-electron chi connectivity index (χ2n) is 6.62. The zero-order valence-corrected chi connectivity index (χ0v) is 15.3. The lowest BCUT2D eigenvalue weighted by atomic mass is 9.97. The van der Waals surface area contributed by atoms with E-state index in [0.29, 0.717) is 12.2 Å². The van der Waals surface area contributed by atoms with E-state index in [-0.39, 0.29) is 16.8 Å². The Morgan fingerprint density at radius 2 is 2.04 bits per heavy atom. The van der Waals surface area contributed by atoms with Crippen molar-refractivity contribution in [2.75, 3.05) is 23.3 Å². The summed E-state index contributed by atoms with van der Waals surface area (Å²) in [6.45, 7) is 1.38. The summed E-state index contributed by atoms with van der Waals surface area (Å²) in [7, 11) is 0. The Labute approximate surface area is 161 Å². The summed E-state index contributed by atoms with van der Waals surface area (Å²) in [6.07, 6.45) is 3.41. The maximum Gasteiger partial charge on any atom is 0.229 e. The fraction of sp³-hybridized carbons (Fsp3) is 0.250. The number of hydrogen-bond donors (Lipinski definition) is 1. The number of anilines is 2. The molecule has 0 bridgehead atoms. The van der Waals surface area contributed by atoms with Crippen LogP contribution in [0.3, 0.4) is 0 Å². The summed E-state index contributed by atoms with van der Waals surface area (Å²) in [6, 6.07) is 11.7. The number of nitrogens with zero attached hydrogens (tertiary/aromatic N) is 3. The van der Waals surface area contributed by atoms with E-state index in [1.54, 1.807) is 6.20 Å². The number of carbonyl (C=O) groups is 1. The molecule has 1 N–H and O–H groups in total. The van der Waals surface area contributed by atoms with Gasteiger partial charge in [0.1, 0.15) is 11.6 Å². The molecular formula is C20H18ClFN4O. The third kappa shape index (κ3) is 3.85. The molecule has 0 spiro atoms. The van der Waals surface area contributed by atoms with E-state index in [2.05, 4.69) is 20.2 Å². The van der Waals surface area contributed by atoms with Crippen LogP contribution < -0.4 is 10.2 Å². The van der Waals surface area contributed by atoms with Gasteiger partial charge in [0.05, 0.1) is 33.9 Å². The van der Waals surface area contributed by atoms with Crippen LogP contribution in [0.1, 0.15) is 12.8 Å². The topological polar surface area (TPSA) is 58.1 Å². The van der Waals surface area contributed by atoms with Crippen LogP contribution in [0.15, 0.2) is 48.7 Å². The first-order chi connectivity index (χ1) is 13.1. The SMILES string of the molecule is O=C(Nc1ccc(F)cc1Cl)C1CCCN(c2cnc3ccccc3n2)C1. The summed E-state index contributed by atoms with van der Waals surface area (Å²) in [4.78, 5) is 23.9. The van der Waals surface area contributed by atoms with E-state index in [1.165, 1.54) is 18.2 Å². The maximum absolute atomic E-state index is 13.2. The van der Waals surface area contributed by atoms with Gasteiger partial charge in [-0.3, -0.25) is 9.78 Å². The van der Waals surface area contributed by atoms with Crippen LogP contribution in [-0.2, 0) is 4.79 Å². The summed E-state index contributed by atoms with van der Waals surface area (Å²) in [5.74, 6) is 0.0119. The zero-order chi connectivity index (χ0) is 18.8. The largest absolute Gasteiger partial charge is 0.355 e. The lowest BCUT2D eigenvalue weighted by Crippen LogP contribution is -2.41. The number of halogens is 2. The van der Waals surface area contributed by atoms with Crippen LogP contribution in [0.5, 0.6) is 0 Å². The molecular weight excluding hydrogens is 367 g/mol. The van der Waals surface area contributed by atoms with E-state index in [9.17, 15) is 9.18 Å². The van der Waals surface area contributed by atoms with Crippen molar-refractivity contribution in [3.63, 3.8) is 0 Å². The van der Waals surface area contributed by atoms with Gasteiger partial charge in [-0.05, 0) is 43.2 Å². The second kappa shape index (κ2) is 7.48. The van der Waals surface area contributed by atoms with Gasteiger partial charge in [-0.15, -0.1) is 0 Å². The Morgan fingerprint density at radius 1 is 1.22 bits per heavy atom. The van der Waals surface area contributed by atoms with Gasteiger partial charge in [0, 0.05) is 13.1 Å². The molecule has 27 heavy (non-hydrogen) atoms. The monoisotopic (exact) mass is 384 g/mol. The highest BCUT2D eigenvalue weighted by Crippen LogP contribution is 2.26. The number of piperidine rings is 1. The molecule has 1 aliphatic rings. The molecule has 3 aromatic rings. The molecule has 5 nitrogen and oxygen atoms in total. The van der Waals surface area contributed by atoms with E-state index < -0.39 is 5.82 Å². The van der Waals surface area contributed by atoms with Crippen LogP contribution >= 0.6 is 11.6 Å². The Hall–Kier alpha value is -2.73. The maximum atomic E-state index is 13.2. The number of fused-ring (bicyclic) bond motifs is 1. The first-order valence-corrected chi connectivity index (χ1v) is 9.20. The van der Waals surface area contributed by atoms with Crippen LogP contribution in [0, 0.1) is 11.7 Å². The minimum Gasteiger partial charge on any atom is -0.355 e. The first kappa shape index (κ1) is 17.7. The van der Waals surface area contributed by atoms with Crippen molar-refractivity contribution in [3.8, 4) is 0 Å². The number of amides is 1. The average molecular weight is 385 g/mol. The molecule has 1 aliphatic heterocycles. The minimum atomic E-state index is -0.434. The molecule has 4 rings (SSSR count). The molecule has 1 atom stereocenters. The van der Waals surface area contributed by atoms with Crippen molar-refractivity contribution >= 4 is 40.0 Å². The van der Waals surface area contributed by atoms with Crippen LogP contribution in [0.25, 0.3) is 11.0 Å². The van der Waals surface area contributed by atoms with Gasteiger partial charge in [-0.2, -0.15) is 0 Å². The summed E-state index contributed by atoms with van der Waals surface area (Å²) in [5, 5.41) is 3.00. The summed E-state index contributed by atoms with van der Waals surface area (Å²) >= 11 is 6.01. The number of nitrogens with one attached hydrogen (secondary N) is 1. The first-order valence-electron chi connectivity index (χ1n) is 8.83. The number of hydrogen-bond acceptors (Lipinski definition) is 4. The Kier molecular flexibility index (Phi) is 4.90. The molecule has 2 aromatic carbocycles. The van der Waals surface area contributed by atoms with Gasteiger partial charge in [0.15, 0.2) is 0 Å². The molecule has 1 fully saturated rings. The van der Waals surface area contributed by atoms with E-state index >= 15 is 0 Å². The highest BCUT2D eigenvalue weighted by molar-refractivity contribution is 6.33. The Balaban J connectivity index is 1.49. The summed E-state index contributed by atoms with van der Waals surface area (Å²) < 4.78 is 13.2. The quantitative estimate of drug-likeness (QED) is 0.732. The van der Waals surface area contributed by atoms with Crippen LogP contribution in [0.2, 0.25) is 5.02 Å². The van der Waals surface area contributed by atoms with Crippen molar-refractivity contribution in [1.82, 2.24) is 9.97 Å². The lowest BCUT2D eigenvalue weighted by Gasteiger charge is -2.32. The molecule has 0 radical (unpaired) electrons. The molecule has 0 saturated carbocycles. The van der Waals surface area contributed by atoms with E-state index in [1.807, 2.05) is 24.3 Å². The Morgan fingerprint density at radius 3 is 2.85 bits per heavy atom. The predicted molar refractivity (Wildman–Crippen MR) is 105 cm³/mol. The van der Waals surface area contributed by atoms with Crippen molar-refractivity contribution < 1.29 is 9.18 Å². The number of para-hydroxylation sites is 2. The Bertz CT molecular complexity index is 997. The molecule has 1 aromatic heterocycles. The van der Waals surface area contributed by atoms with Crippen molar-refractivity contribution in [2.24, 2.45) is 5.92 Å². The van der Waals surface area contributed by atoms with Crippen molar-refractivity contribution in [2.45, 2.75) is 12.8 Å². The fourth-order valence-electron chi connectivity index (χ4n) is 3.32. The normalized spacial score (nSPS) is 17.1. The predicted octanol–water partition coefficient (Wildman–Crippen LogP) is 4.28. The molecule has 7 heteroatoms. The number of benzene rings is 2. The molecule has 2 heterocycles. The standard InChI is InChI=1S/C20H18ClFN4O/c21-15-10-14(22)7-8-16(15)25-20(27)13-4-3-9-26(12-13)19-11-23-17-5-1-2-6-18(17)24-19/h1-2,5-8,10-11,13H,3-4,9,12H2,(H,25,27). The van der Waals surface area contributed by atoms with Gasteiger partial charge in [-0.1, -0.05) is 23.7 Å². The van der Waals surface area contributed by atoms with Crippen LogP contribution in [-0.4, -0.2) is 29.0 Å². The molecule has 138 valence electrons. The number of carbonyl (C=O) groups excluding carboxylic acids is 1. The zero-order valence-electron chi connectivity index (χ0n) is 14.5. The van der Waals surface area contributed by atoms with Gasteiger partial charge in [-0.25, -0.2) is 9.37 Å². The molecule has 0 aliphatic carbocycles. The van der Waals surface area contributed by atoms with Gasteiger partial charge in [0.2, 0.25) is 5.91 Å². The number of rotatable bonds is 3. The third-order valence-electron chi connectivity index (χ3n) is 4.74. The smallest absolute Gasteiger partial charge is 0.229 e. The highest BCUT2D eigenvalue weighted by atomic mass is 35.5. The molecule has 1 amide bonds. The van der Waals surface area contributed by atoms with E-state index in [0.717, 1.165) is 36.2 Å². The fourth-order valence-corrected chi connectivity index (χ4v) is 3.54. The summed E-state index contributed by atoms with van der Waals surface area (Å²) in [5.41, 5.74) is 2.10. The van der Waals surface area contributed by atoms with Crippen LogP contribution in [0.4, 0.5) is 15.9 Å². The third-order valence-corrected chi connectivity index (χ3v) is 5.05. The van der Waals surface area contributed by atoms with Crippen molar-refractivity contribution in [1.29, 1.82) is 0 Å². The van der Waals surface area contributed by atoms with Gasteiger partial charge >= 0.3 is 0 Å². The van der Waals surface area contributed by atoms with Gasteiger partial charge < -0.3 is 10.2 Å². The average Bonchev–Trinajstić information content (AvgIpc) is 2.70. The van der Waals surface area contributed by atoms with Crippen molar-refractivity contribution in [3.05, 3.63) is 59.5 Å². The molecule has 1 unspecified atom stereocenters. The highest BCUT2D eigenvalue weighted by Gasteiger charge is 2.27. The minimum absolute atomic E-state index is 0.123. The molecule has 1 saturated heterocycles. The van der Waals surface area contributed by atoms with E-state index in [4.69, 9.17) is 11.6 Å². The second-order valence-corrected chi connectivity index (χ2v) is 7.02. The number of aromatic nitrogens is 2. The lowest BCUT2D eigenvalue weighted by molar-refractivity contribution is -0.120.